The Balaban J connectivity index is 1.88. The standard InChI is InChI=1S/C19H21F2NO3S/c1-25-18-7-5-14(6-8-18)15-4-2-3-9-22(13-15)26(23,24)19-11-16(20)10-17(21)12-19/h5-8,10-12,15H,2-4,9,13H2,1H3. The highest BCUT2D eigenvalue weighted by Crippen LogP contribution is 2.31. The van der Waals surface area contributed by atoms with Crippen molar-refractivity contribution in [1.82, 2.24) is 4.31 Å². The molecule has 2 aromatic carbocycles. The van der Waals surface area contributed by atoms with Crippen molar-refractivity contribution < 1.29 is 21.9 Å². The van der Waals surface area contributed by atoms with Crippen molar-refractivity contribution in [2.24, 2.45) is 0 Å². The molecule has 0 aliphatic carbocycles. The summed E-state index contributed by atoms with van der Waals surface area (Å²) in [6.07, 6.45) is 2.46. The van der Waals surface area contributed by atoms with Gasteiger partial charge in [0.05, 0.1) is 12.0 Å². The van der Waals surface area contributed by atoms with Crippen LogP contribution in [0.15, 0.2) is 47.4 Å². The zero-order chi connectivity index (χ0) is 18.7. The van der Waals surface area contributed by atoms with Crippen LogP contribution in [0.4, 0.5) is 8.78 Å². The van der Waals surface area contributed by atoms with Crippen molar-refractivity contribution in [2.75, 3.05) is 20.2 Å². The summed E-state index contributed by atoms with van der Waals surface area (Å²) < 4.78 is 59.3. The predicted molar refractivity (Wildman–Crippen MR) is 94.7 cm³/mol. The number of nitrogens with zero attached hydrogens (tertiary/aromatic N) is 1. The van der Waals surface area contributed by atoms with Gasteiger partial charge in [0.2, 0.25) is 10.0 Å². The van der Waals surface area contributed by atoms with Crippen molar-refractivity contribution >= 4 is 10.0 Å². The molecular weight excluding hydrogens is 360 g/mol. The van der Waals surface area contributed by atoms with Gasteiger partial charge in [0.15, 0.2) is 0 Å². The Morgan fingerprint density at radius 2 is 1.69 bits per heavy atom. The number of hydrogen-bond donors (Lipinski definition) is 0. The van der Waals surface area contributed by atoms with Gasteiger partial charge in [-0.25, -0.2) is 17.2 Å². The van der Waals surface area contributed by atoms with Crippen molar-refractivity contribution in [3.63, 3.8) is 0 Å². The first-order valence-electron chi connectivity index (χ1n) is 8.50. The van der Waals surface area contributed by atoms with Crippen LogP contribution in [-0.4, -0.2) is 32.9 Å². The van der Waals surface area contributed by atoms with E-state index in [1.54, 1.807) is 7.11 Å². The molecule has 0 aromatic heterocycles. The molecule has 0 radical (unpaired) electrons. The number of methoxy groups -OCH3 is 1. The van der Waals surface area contributed by atoms with Crippen LogP contribution < -0.4 is 4.74 Å². The van der Waals surface area contributed by atoms with Crippen molar-refractivity contribution in [3.8, 4) is 5.75 Å². The fourth-order valence-corrected chi connectivity index (χ4v) is 4.87. The summed E-state index contributed by atoms with van der Waals surface area (Å²) in [5.74, 6) is -1.03. The fourth-order valence-electron chi connectivity index (χ4n) is 3.30. The minimum atomic E-state index is -3.96. The molecule has 2 aromatic rings. The Labute approximate surface area is 152 Å². The van der Waals surface area contributed by atoms with Gasteiger partial charge in [-0.15, -0.1) is 0 Å². The number of ether oxygens (including phenoxy) is 1. The summed E-state index contributed by atoms with van der Waals surface area (Å²) in [6, 6.07) is 9.96. The molecule has 0 bridgehead atoms. The first kappa shape index (κ1) is 18.8. The van der Waals surface area contributed by atoms with Gasteiger partial charge in [0, 0.05) is 19.2 Å². The molecule has 3 rings (SSSR count). The molecule has 26 heavy (non-hydrogen) atoms. The summed E-state index contributed by atoms with van der Waals surface area (Å²) in [6.45, 7) is 0.625. The Bertz CT molecular complexity index is 849. The Morgan fingerprint density at radius 3 is 2.31 bits per heavy atom. The summed E-state index contributed by atoms with van der Waals surface area (Å²) in [5, 5.41) is 0. The highest BCUT2D eigenvalue weighted by atomic mass is 32.2. The smallest absolute Gasteiger partial charge is 0.243 e. The van der Waals surface area contributed by atoms with Gasteiger partial charge in [0.1, 0.15) is 17.4 Å². The molecule has 4 nitrogen and oxygen atoms in total. The largest absolute Gasteiger partial charge is 0.497 e. The molecule has 1 fully saturated rings. The van der Waals surface area contributed by atoms with E-state index in [0.717, 1.165) is 36.3 Å². The monoisotopic (exact) mass is 381 g/mol. The predicted octanol–water partition coefficient (Wildman–Crippen LogP) is 3.93. The van der Waals surface area contributed by atoms with Gasteiger partial charge >= 0.3 is 0 Å². The van der Waals surface area contributed by atoms with Crippen LogP contribution in [0.25, 0.3) is 0 Å². The molecular formula is C19H21F2NO3S. The van der Waals surface area contributed by atoms with Gasteiger partial charge in [-0.1, -0.05) is 18.6 Å². The van der Waals surface area contributed by atoms with E-state index in [-0.39, 0.29) is 17.4 Å². The summed E-state index contributed by atoms with van der Waals surface area (Å²) in [7, 11) is -2.37. The first-order valence-corrected chi connectivity index (χ1v) is 9.94. The molecule has 0 N–H and O–H groups in total. The Morgan fingerprint density at radius 1 is 1.04 bits per heavy atom. The molecule has 7 heteroatoms. The summed E-state index contributed by atoms with van der Waals surface area (Å²) in [5.41, 5.74) is 1.03. The van der Waals surface area contributed by atoms with Crippen LogP contribution in [0.5, 0.6) is 5.75 Å². The third-order valence-electron chi connectivity index (χ3n) is 4.70. The van der Waals surface area contributed by atoms with E-state index in [0.29, 0.717) is 19.0 Å². The maximum atomic E-state index is 13.5. The second-order valence-electron chi connectivity index (χ2n) is 6.43. The van der Waals surface area contributed by atoms with Crippen LogP contribution in [-0.2, 0) is 10.0 Å². The van der Waals surface area contributed by atoms with E-state index in [2.05, 4.69) is 0 Å². The lowest BCUT2D eigenvalue weighted by Gasteiger charge is -2.24. The van der Waals surface area contributed by atoms with E-state index in [1.807, 2.05) is 24.3 Å². The summed E-state index contributed by atoms with van der Waals surface area (Å²) >= 11 is 0. The van der Waals surface area contributed by atoms with Gasteiger partial charge < -0.3 is 4.74 Å². The molecule has 1 heterocycles. The van der Waals surface area contributed by atoms with E-state index in [4.69, 9.17) is 4.74 Å². The van der Waals surface area contributed by atoms with Crippen molar-refractivity contribution in [3.05, 3.63) is 59.7 Å². The highest BCUT2D eigenvalue weighted by Gasteiger charge is 2.30. The zero-order valence-corrected chi connectivity index (χ0v) is 15.3. The fraction of sp³-hybridized carbons (Fsp3) is 0.368. The molecule has 1 aliphatic heterocycles. The van der Waals surface area contributed by atoms with Gasteiger partial charge in [-0.2, -0.15) is 4.31 Å². The van der Waals surface area contributed by atoms with Crippen molar-refractivity contribution in [1.29, 1.82) is 0 Å². The lowest BCUT2D eigenvalue weighted by Crippen LogP contribution is -2.34. The molecule has 0 amide bonds. The van der Waals surface area contributed by atoms with Gasteiger partial charge in [0.25, 0.3) is 0 Å². The Kier molecular flexibility index (Phi) is 5.58. The van der Waals surface area contributed by atoms with Gasteiger partial charge in [-0.05, 0) is 48.6 Å². The van der Waals surface area contributed by atoms with Crippen LogP contribution >= 0.6 is 0 Å². The van der Waals surface area contributed by atoms with E-state index in [1.165, 1.54) is 4.31 Å². The van der Waals surface area contributed by atoms with E-state index in [9.17, 15) is 17.2 Å². The quantitative estimate of drug-likeness (QED) is 0.806. The lowest BCUT2D eigenvalue weighted by atomic mass is 9.94. The molecule has 0 spiro atoms. The normalized spacial score (nSPS) is 19.1. The van der Waals surface area contributed by atoms with Crippen LogP contribution in [0.1, 0.15) is 30.7 Å². The third kappa shape index (κ3) is 4.04. The number of halogens is 2. The second-order valence-corrected chi connectivity index (χ2v) is 8.37. The molecule has 1 aliphatic rings. The van der Waals surface area contributed by atoms with Crippen LogP contribution in [0.2, 0.25) is 0 Å². The summed E-state index contributed by atoms with van der Waals surface area (Å²) in [4.78, 5) is -0.342. The maximum Gasteiger partial charge on any atom is 0.243 e. The van der Waals surface area contributed by atoms with Crippen molar-refractivity contribution in [2.45, 2.75) is 30.1 Å². The molecule has 140 valence electrons. The molecule has 1 unspecified atom stereocenters. The average Bonchev–Trinajstić information content (AvgIpc) is 2.88. The number of benzene rings is 2. The zero-order valence-electron chi connectivity index (χ0n) is 14.5. The molecule has 1 saturated heterocycles. The minimum Gasteiger partial charge on any atom is -0.497 e. The molecule has 0 saturated carbocycles. The van der Waals surface area contributed by atoms with E-state index >= 15 is 0 Å². The van der Waals surface area contributed by atoms with Crippen LogP contribution in [0, 0.1) is 11.6 Å². The van der Waals surface area contributed by atoms with Crippen LogP contribution in [0.3, 0.4) is 0 Å². The topological polar surface area (TPSA) is 46.6 Å². The lowest BCUT2D eigenvalue weighted by molar-refractivity contribution is 0.403. The third-order valence-corrected chi connectivity index (χ3v) is 6.54. The SMILES string of the molecule is COc1ccc(C2CCCCN(S(=O)(=O)c3cc(F)cc(F)c3)C2)cc1. The highest BCUT2D eigenvalue weighted by molar-refractivity contribution is 7.89. The number of hydrogen-bond acceptors (Lipinski definition) is 3. The average molecular weight is 381 g/mol. The second kappa shape index (κ2) is 7.72. The molecule has 1 atom stereocenters. The first-order chi connectivity index (χ1) is 12.4. The number of rotatable bonds is 4. The number of sulfonamides is 1. The Hall–Kier alpha value is -1.99. The maximum absolute atomic E-state index is 13.5. The van der Waals surface area contributed by atoms with E-state index < -0.39 is 21.7 Å². The van der Waals surface area contributed by atoms with Gasteiger partial charge in [-0.3, -0.25) is 0 Å². The minimum absolute atomic E-state index is 0.0246.